The maximum atomic E-state index is 12.8. The Morgan fingerprint density at radius 3 is 1.84 bits per heavy atom. The zero-order chi connectivity index (χ0) is 24.0. The zero-order valence-electron chi connectivity index (χ0n) is 19.8. The van der Waals surface area contributed by atoms with Crippen LogP contribution in [0.2, 0.25) is 0 Å². The van der Waals surface area contributed by atoms with Crippen LogP contribution in [0.5, 0.6) is 0 Å². The summed E-state index contributed by atoms with van der Waals surface area (Å²) >= 11 is 0. The van der Waals surface area contributed by atoms with E-state index in [4.69, 9.17) is 11.5 Å². The van der Waals surface area contributed by atoms with Crippen LogP contribution in [0.1, 0.15) is 66.7 Å². The zero-order valence-corrected chi connectivity index (χ0v) is 20.7. The predicted molar refractivity (Wildman–Crippen MR) is 128 cm³/mol. The Balaban J connectivity index is 0. The van der Waals surface area contributed by atoms with Crippen LogP contribution in [0.3, 0.4) is 0 Å². The molecular weight excluding hydrogens is 436 g/mol. The van der Waals surface area contributed by atoms with Crippen molar-refractivity contribution in [3.05, 3.63) is 0 Å². The maximum absolute atomic E-state index is 12.8. The Hall–Kier alpha value is -2.36. The normalized spacial score (nSPS) is 13.3. The number of nitrogens with one attached hydrogen (secondary N) is 3. The van der Waals surface area contributed by atoms with Gasteiger partial charge < -0.3 is 32.2 Å². The third kappa shape index (κ3) is 14.6. The summed E-state index contributed by atoms with van der Waals surface area (Å²) < 4.78 is 0. The van der Waals surface area contributed by atoms with Crippen molar-refractivity contribution in [1.82, 2.24) is 16.0 Å². The number of nitrogens with zero attached hydrogens (tertiary/aromatic N) is 1. The van der Waals surface area contributed by atoms with Crippen molar-refractivity contribution < 1.29 is 19.2 Å². The number of hydrogen-bond donors (Lipinski definition) is 5. The highest BCUT2D eigenvalue weighted by molar-refractivity contribution is 5.92. The van der Waals surface area contributed by atoms with Crippen LogP contribution < -0.4 is 27.4 Å². The van der Waals surface area contributed by atoms with Crippen molar-refractivity contribution in [3.8, 4) is 0 Å². The number of carbonyl (C=O) groups excluding carboxylic acids is 4. The predicted octanol–water partition coefficient (Wildman–Crippen LogP) is 0.617. The molecule has 0 spiro atoms. The Labute approximate surface area is 197 Å². The molecule has 0 fully saturated rings. The molecule has 0 aliphatic rings. The molecule has 0 unspecified atom stereocenters. The van der Waals surface area contributed by atoms with E-state index in [2.05, 4.69) is 20.9 Å². The smallest absolute Gasteiger partial charge is 0.243 e. The van der Waals surface area contributed by atoms with Gasteiger partial charge in [0.25, 0.3) is 0 Å². The van der Waals surface area contributed by atoms with E-state index in [1.165, 1.54) is 0 Å². The maximum Gasteiger partial charge on any atom is 0.243 e. The minimum absolute atomic E-state index is 0. The van der Waals surface area contributed by atoms with Gasteiger partial charge in [-0.05, 0) is 37.5 Å². The molecule has 186 valence electrons. The topological polar surface area (TPSA) is 169 Å². The quantitative estimate of drug-likeness (QED) is 0.100. The van der Waals surface area contributed by atoms with E-state index in [1.54, 1.807) is 6.92 Å². The van der Waals surface area contributed by atoms with Crippen molar-refractivity contribution in [3.63, 3.8) is 0 Å². The number of hydrogen-bond acceptors (Lipinski definition) is 5. The van der Waals surface area contributed by atoms with Crippen molar-refractivity contribution in [1.29, 1.82) is 0 Å². The van der Waals surface area contributed by atoms with Crippen LogP contribution in [0.15, 0.2) is 4.99 Å². The van der Waals surface area contributed by atoms with E-state index in [9.17, 15) is 19.2 Å². The van der Waals surface area contributed by atoms with E-state index < -0.39 is 29.9 Å². The first kappa shape index (κ1) is 31.8. The fourth-order valence-electron chi connectivity index (χ4n) is 2.95. The monoisotopic (exact) mass is 476 g/mol. The molecule has 0 bridgehead atoms. The Morgan fingerprint density at radius 1 is 0.906 bits per heavy atom. The average Bonchev–Trinajstić information content (AvgIpc) is 2.67. The molecule has 11 heteroatoms. The van der Waals surface area contributed by atoms with Gasteiger partial charge in [0.15, 0.2) is 5.96 Å². The van der Waals surface area contributed by atoms with Gasteiger partial charge in [0.1, 0.15) is 18.4 Å². The van der Waals surface area contributed by atoms with Gasteiger partial charge in [-0.25, -0.2) is 0 Å². The largest absolute Gasteiger partial charge is 0.370 e. The van der Waals surface area contributed by atoms with E-state index in [0.717, 1.165) is 0 Å². The van der Waals surface area contributed by atoms with Gasteiger partial charge in [0.2, 0.25) is 17.7 Å². The second-order valence-corrected chi connectivity index (χ2v) is 8.49. The summed E-state index contributed by atoms with van der Waals surface area (Å²) in [6, 6.07) is -2.25. The summed E-state index contributed by atoms with van der Waals surface area (Å²) in [7, 11) is 0. The summed E-state index contributed by atoms with van der Waals surface area (Å²) in [5.74, 6) is -0.806. The molecule has 0 aromatic rings. The van der Waals surface area contributed by atoms with Crippen LogP contribution >= 0.6 is 12.4 Å². The molecule has 3 atom stereocenters. The second kappa shape index (κ2) is 17.2. The lowest BCUT2D eigenvalue weighted by molar-refractivity contribution is -0.133. The first-order chi connectivity index (χ1) is 14.5. The van der Waals surface area contributed by atoms with Gasteiger partial charge in [0.05, 0.1) is 6.04 Å². The van der Waals surface area contributed by atoms with Gasteiger partial charge >= 0.3 is 0 Å². The van der Waals surface area contributed by atoms with Crippen molar-refractivity contribution >= 4 is 42.4 Å². The molecule has 7 N–H and O–H groups in total. The van der Waals surface area contributed by atoms with E-state index in [0.29, 0.717) is 38.5 Å². The molecular formula is C21H41ClN6O4. The fourth-order valence-corrected chi connectivity index (χ4v) is 2.95. The third-order valence-corrected chi connectivity index (χ3v) is 4.48. The van der Waals surface area contributed by atoms with Gasteiger partial charge in [-0.3, -0.25) is 19.4 Å². The van der Waals surface area contributed by atoms with Crippen LogP contribution in [0.25, 0.3) is 0 Å². The fraction of sp³-hybridized carbons (Fsp3) is 0.762. The molecule has 0 aromatic carbocycles. The highest BCUT2D eigenvalue weighted by atomic mass is 35.5. The highest BCUT2D eigenvalue weighted by Crippen LogP contribution is 2.10. The lowest BCUT2D eigenvalue weighted by atomic mass is 9.99. The molecule has 0 aromatic heterocycles. The Kier molecular flexibility index (Phi) is 17.1. The molecule has 3 amide bonds. The lowest BCUT2D eigenvalue weighted by Gasteiger charge is -2.26. The van der Waals surface area contributed by atoms with E-state index in [1.807, 2.05) is 27.7 Å². The number of carbonyl (C=O) groups is 4. The summed E-state index contributed by atoms with van der Waals surface area (Å²) in [6.07, 6.45) is 2.66. The molecule has 0 aliphatic heterocycles. The number of aliphatic imine (C=N–C) groups is 1. The van der Waals surface area contributed by atoms with Crippen LogP contribution in [-0.4, -0.2) is 54.6 Å². The highest BCUT2D eigenvalue weighted by Gasteiger charge is 2.28. The molecule has 0 aliphatic carbocycles. The van der Waals surface area contributed by atoms with Crippen molar-refractivity contribution in [2.75, 3.05) is 6.54 Å². The summed E-state index contributed by atoms with van der Waals surface area (Å²) in [4.78, 5) is 52.7. The first-order valence-corrected chi connectivity index (χ1v) is 10.9. The summed E-state index contributed by atoms with van der Waals surface area (Å²) in [5.41, 5.74) is 10.5. The SMILES string of the molecule is CCC(=O)N[C@@H](CC(C)C)C(=O)N[C@@H](CC(C)C)C(=O)N[C@H](C=O)CCCN=C(N)N.Cl. The number of nitrogens with two attached hydrogens (primary N) is 2. The summed E-state index contributed by atoms with van der Waals surface area (Å²) in [5, 5.41) is 8.15. The number of rotatable bonds is 15. The van der Waals surface area contributed by atoms with Crippen molar-refractivity contribution in [2.45, 2.75) is 84.8 Å². The van der Waals surface area contributed by atoms with E-state index in [-0.39, 0.29) is 42.5 Å². The number of guanidine groups is 1. The number of halogens is 1. The molecule has 10 nitrogen and oxygen atoms in total. The van der Waals surface area contributed by atoms with Gasteiger partial charge in [-0.2, -0.15) is 0 Å². The third-order valence-electron chi connectivity index (χ3n) is 4.48. The molecule has 0 saturated heterocycles. The molecule has 32 heavy (non-hydrogen) atoms. The lowest BCUT2D eigenvalue weighted by Crippen LogP contribution is -2.55. The minimum Gasteiger partial charge on any atom is -0.370 e. The molecule has 0 rings (SSSR count). The molecule has 0 heterocycles. The summed E-state index contributed by atoms with van der Waals surface area (Å²) in [6.45, 7) is 9.83. The Morgan fingerprint density at radius 2 is 1.41 bits per heavy atom. The van der Waals surface area contributed by atoms with E-state index >= 15 is 0 Å². The van der Waals surface area contributed by atoms with Gasteiger partial charge in [-0.1, -0.05) is 34.6 Å². The Bertz CT molecular complexity index is 623. The van der Waals surface area contributed by atoms with Gasteiger partial charge in [-0.15, -0.1) is 12.4 Å². The van der Waals surface area contributed by atoms with Crippen molar-refractivity contribution in [2.24, 2.45) is 28.3 Å². The standard InChI is InChI=1S/C21H40N6O4.ClH/c1-6-18(29)26-16(10-13(2)3)20(31)27-17(11-14(4)5)19(30)25-15(12-28)8-7-9-24-21(22)23;/h12-17H,6-11H2,1-5H3,(H,25,30)(H,26,29)(H,27,31)(H4,22,23,24);1H/t15-,16-,17-;/m0./s1. The van der Waals surface area contributed by atoms with Crippen LogP contribution in [0.4, 0.5) is 0 Å². The molecule has 0 saturated carbocycles. The second-order valence-electron chi connectivity index (χ2n) is 8.49. The average molecular weight is 477 g/mol. The number of amides is 3. The first-order valence-electron chi connectivity index (χ1n) is 10.9. The minimum atomic E-state index is -0.819. The molecule has 0 radical (unpaired) electrons. The van der Waals surface area contributed by atoms with Crippen LogP contribution in [0, 0.1) is 11.8 Å². The van der Waals surface area contributed by atoms with Crippen LogP contribution in [-0.2, 0) is 19.2 Å². The number of aldehydes is 1. The van der Waals surface area contributed by atoms with Gasteiger partial charge in [0, 0.05) is 13.0 Å².